The van der Waals surface area contributed by atoms with E-state index in [1.54, 1.807) is 6.20 Å². The SMILES string of the molecule is Cc1cnncc1C(=O)Nc1ccc(N2CCC(CO)C2)c(Br)c1. The molecular formula is C17H19BrN4O2. The van der Waals surface area contributed by atoms with Crippen LogP contribution >= 0.6 is 15.9 Å². The lowest BCUT2D eigenvalue weighted by atomic mass is 10.1. The third-order valence-electron chi connectivity index (χ3n) is 4.26. The summed E-state index contributed by atoms with van der Waals surface area (Å²) in [5.41, 5.74) is 3.08. The van der Waals surface area contributed by atoms with Gasteiger partial charge in [-0.3, -0.25) is 4.79 Å². The summed E-state index contributed by atoms with van der Waals surface area (Å²) in [6.45, 7) is 3.83. The van der Waals surface area contributed by atoms with Crippen LogP contribution in [0.3, 0.4) is 0 Å². The molecule has 1 aromatic carbocycles. The number of rotatable bonds is 4. The van der Waals surface area contributed by atoms with Crippen molar-refractivity contribution < 1.29 is 9.90 Å². The fraction of sp³-hybridized carbons (Fsp3) is 0.353. The molecule has 2 N–H and O–H groups in total. The number of carbonyl (C=O) groups excluding carboxylic acids is 1. The van der Waals surface area contributed by atoms with Crippen LogP contribution in [0.1, 0.15) is 22.3 Å². The molecule has 1 atom stereocenters. The van der Waals surface area contributed by atoms with Crippen LogP contribution in [0.2, 0.25) is 0 Å². The molecule has 2 heterocycles. The smallest absolute Gasteiger partial charge is 0.257 e. The van der Waals surface area contributed by atoms with Gasteiger partial charge >= 0.3 is 0 Å². The molecule has 1 amide bonds. The summed E-state index contributed by atoms with van der Waals surface area (Å²) in [6, 6.07) is 5.76. The Bertz CT molecular complexity index is 753. The molecule has 0 spiro atoms. The minimum Gasteiger partial charge on any atom is -0.396 e. The van der Waals surface area contributed by atoms with Gasteiger partial charge in [-0.15, -0.1) is 0 Å². The van der Waals surface area contributed by atoms with E-state index in [1.807, 2.05) is 25.1 Å². The zero-order valence-electron chi connectivity index (χ0n) is 13.4. The second kappa shape index (κ2) is 7.27. The average molecular weight is 391 g/mol. The number of carbonyl (C=O) groups is 1. The van der Waals surface area contributed by atoms with E-state index in [9.17, 15) is 9.90 Å². The van der Waals surface area contributed by atoms with Gasteiger partial charge in [-0.2, -0.15) is 10.2 Å². The molecule has 0 radical (unpaired) electrons. The van der Waals surface area contributed by atoms with E-state index in [0.717, 1.165) is 35.2 Å². The number of amides is 1. The zero-order chi connectivity index (χ0) is 17.1. The lowest BCUT2D eigenvalue weighted by Gasteiger charge is -2.20. The second-order valence-electron chi connectivity index (χ2n) is 5.99. The van der Waals surface area contributed by atoms with Gasteiger partial charge in [0.05, 0.1) is 23.6 Å². The van der Waals surface area contributed by atoms with Crippen molar-refractivity contribution in [2.45, 2.75) is 13.3 Å². The van der Waals surface area contributed by atoms with Gasteiger partial charge in [0.15, 0.2) is 0 Å². The van der Waals surface area contributed by atoms with Crippen LogP contribution in [0, 0.1) is 12.8 Å². The summed E-state index contributed by atoms with van der Waals surface area (Å²) >= 11 is 3.58. The molecule has 1 saturated heterocycles. The lowest BCUT2D eigenvalue weighted by Crippen LogP contribution is -2.21. The number of anilines is 2. The molecule has 7 heteroatoms. The molecule has 126 valence electrons. The number of hydrogen-bond donors (Lipinski definition) is 2. The van der Waals surface area contributed by atoms with Crippen molar-refractivity contribution in [3.8, 4) is 0 Å². The third-order valence-corrected chi connectivity index (χ3v) is 4.90. The fourth-order valence-corrected chi connectivity index (χ4v) is 3.49. The number of hydrogen-bond acceptors (Lipinski definition) is 5. The second-order valence-corrected chi connectivity index (χ2v) is 6.84. The Morgan fingerprint density at radius 2 is 2.21 bits per heavy atom. The Hall–Kier alpha value is -1.99. The van der Waals surface area contributed by atoms with Gasteiger partial charge in [0.1, 0.15) is 0 Å². The summed E-state index contributed by atoms with van der Waals surface area (Å²) in [6.07, 6.45) is 4.03. The van der Waals surface area contributed by atoms with E-state index in [1.165, 1.54) is 6.20 Å². The first-order valence-electron chi connectivity index (χ1n) is 7.82. The van der Waals surface area contributed by atoms with E-state index >= 15 is 0 Å². The molecule has 0 aliphatic carbocycles. The minimum absolute atomic E-state index is 0.205. The van der Waals surface area contributed by atoms with Crippen molar-refractivity contribution in [1.29, 1.82) is 0 Å². The number of halogens is 1. The Morgan fingerprint density at radius 3 is 2.88 bits per heavy atom. The molecule has 3 rings (SSSR count). The Balaban J connectivity index is 1.73. The van der Waals surface area contributed by atoms with Crippen molar-refractivity contribution >= 4 is 33.2 Å². The monoisotopic (exact) mass is 390 g/mol. The summed E-state index contributed by atoms with van der Waals surface area (Å²) < 4.78 is 0.920. The molecule has 1 aliphatic heterocycles. The Labute approximate surface area is 149 Å². The Kier molecular flexibility index (Phi) is 5.11. The van der Waals surface area contributed by atoms with Gasteiger partial charge < -0.3 is 15.3 Å². The largest absolute Gasteiger partial charge is 0.396 e. The maximum absolute atomic E-state index is 12.3. The van der Waals surface area contributed by atoms with E-state index < -0.39 is 0 Å². The molecular weight excluding hydrogens is 372 g/mol. The lowest BCUT2D eigenvalue weighted by molar-refractivity contribution is 0.102. The van der Waals surface area contributed by atoms with Gasteiger partial charge in [-0.25, -0.2) is 0 Å². The summed E-state index contributed by atoms with van der Waals surface area (Å²) in [5, 5.41) is 19.7. The zero-order valence-corrected chi connectivity index (χ0v) is 15.0. The van der Waals surface area contributed by atoms with Crippen molar-refractivity contribution in [1.82, 2.24) is 10.2 Å². The van der Waals surface area contributed by atoms with Crippen LogP contribution < -0.4 is 10.2 Å². The van der Waals surface area contributed by atoms with Crippen LogP contribution in [-0.2, 0) is 0 Å². The molecule has 0 saturated carbocycles. The summed E-state index contributed by atoms with van der Waals surface area (Å²) in [5.74, 6) is 0.127. The maximum atomic E-state index is 12.3. The fourth-order valence-electron chi connectivity index (χ4n) is 2.86. The number of nitrogens with zero attached hydrogens (tertiary/aromatic N) is 3. The average Bonchev–Trinajstić information content (AvgIpc) is 3.04. The molecule has 6 nitrogen and oxygen atoms in total. The number of aryl methyl sites for hydroxylation is 1. The molecule has 1 fully saturated rings. The number of aliphatic hydroxyl groups is 1. The first-order valence-corrected chi connectivity index (χ1v) is 8.61. The summed E-state index contributed by atoms with van der Waals surface area (Å²) in [7, 11) is 0. The van der Waals surface area contributed by atoms with Gasteiger partial charge in [0, 0.05) is 35.8 Å². The van der Waals surface area contributed by atoms with E-state index in [4.69, 9.17) is 0 Å². The molecule has 0 bridgehead atoms. The predicted octanol–water partition coefficient (Wildman–Crippen LogP) is 2.62. The topological polar surface area (TPSA) is 78.4 Å². The standard InChI is InChI=1S/C17H19BrN4O2/c1-11-7-19-20-8-14(11)17(24)21-13-2-3-16(15(18)6-13)22-5-4-12(9-22)10-23/h2-3,6-8,12,23H,4-5,9-10H2,1H3,(H,21,24). The highest BCUT2D eigenvalue weighted by molar-refractivity contribution is 9.10. The molecule has 2 aromatic rings. The van der Waals surface area contributed by atoms with Crippen molar-refractivity contribution in [3.05, 3.63) is 46.2 Å². The number of aliphatic hydroxyl groups excluding tert-OH is 1. The predicted molar refractivity (Wildman–Crippen MR) is 96.3 cm³/mol. The van der Waals surface area contributed by atoms with Crippen LogP contribution in [0.4, 0.5) is 11.4 Å². The first-order chi connectivity index (χ1) is 11.6. The maximum Gasteiger partial charge on any atom is 0.257 e. The number of benzene rings is 1. The minimum atomic E-state index is -0.205. The van der Waals surface area contributed by atoms with E-state index in [0.29, 0.717) is 17.2 Å². The highest BCUT2D eigenvalue weighted by Crippen LogP contribution is 2.32. The van der Waals surface area contributed by atoms with Gasteiger partial charge in [-0.1, -0.05) is 0 Å². The molecule has 1 unspecified atom stereocenters. The molecule has 1 aromatic heterocycles. The normalized spacial score (nSPS) is 17.1. The highest BCUT2D eigenvalue weighted by atomic mass is 79.9. The van der Waals surface area contributed by atoms with E-state index in [-0.39, 0.29) is 12.5 Å². The van der Waals surface area contributed by atoms with Crippen LogP contribution in [-0.4, -0.2) is 40.9 Å². The highest BCUT2D eigenvalue weighted by Gasteiger charge is 2.23. The number of nitrogens with one attached hydrogen (secondary N) is 1. The number of aromatic nitrogens is 2. The molecule has 24 heavy (non-hydrogen) atoms. The van der Waals surface area contributed by atoms with Crippen LogP contribution in [0.5, 0.6) is 0 Å². The van der Waals surface area contributed by atoms with Gasteiger partial charge in [-0.05, 0) is 53.0 Å². The van der Waals surface area contributed by atoms with Crippen molar-refractivity contribution in [3.63, 3.8) is 0 Å². The summed E-state index contributed by atoms with van der Waals surface area (Å²) in [4.78, 5) is 14.6. The van der Waals surface area contributed by atoms with E-state index in [2.05, 4.69) is 36.3 Å². The quantitative estimate of drug-likeness (QED) is 0.838. The van der Waals surface area contributed by atoms with Crippen molar-refractivity contribution in [2.75, 3.05) is 29.9 Å². The van der Waals surface area contributed by atoms with Crippen LogP contribution in [0.25, 0.3) is 0 Å². The van der Waals surface area contributed by atoms with Crippen LogP contribution in [0.15, 0.2) is 35.1 Å². The van der Waals surface area contributed by atoms with Gasteiger partial charge in [0.25, 0.3) is 5.91 Å². The molecule has 1 aliphatic rings. The van der Waals surface area contributed by atoms with Crippen molar-refractivity contribution in [2.24, 2.45) is 5.92 Å². The Morgan fingerprint density at radius 1 is 1.42 bits per heavy atom. The third kappa shape index (κ3) is 3.57. The van der Waals surface area contributed by atoms with Gasteiger partial charge in [0.2, 0.25) is 0 Å². The first kappa shape index (κ1) is 16.9.